The van der Waals surface area contributed by atoms with Crippen LogP contribution in [0.25, 0.3) is 0 Å². The molecule has 7 nitrogen and oxygen atoms in total. The van der Waals surface area contributed by atoms with Crippen LogP contribution in [0, 0.1) is 5.41 Å². The molecule has 0 aromatic heterocycles. The number of rotatable bonds is 4. The summed E-state index contributed by atoms with van der Waals surface area (Å²) >= 11 is 0. The van der Waals surface area contributed by atoms with Gasteiger partial charge in [-0.2, -0.15) is 0 Å². The highest BCUT2D eigenvalue weighted by Gasteiger charge is 2.51. The monoisotopic (exact) mass is 415 g/mol. The molecule has 0 radical (unpaired) electrons. The number of hydrogen-bond donors (Lipinski definition) is 1. The van der Waals surface area contributed by atoms with E-state index in [1.807, 2.05) is 35.2 Å². The van der Waals surface area contributed by atoms with Gasteiger partial charge in [0.25, 0.3) is 0 Å². The minimum atomic E-state index is -0.598. The van der Waals surface area contributed by atoms with E-state index in [9.17, 15) is 14.7 Å². The summed E-state index contributed by atoms with van der Waals surface area (Å²) in [6.45, 7) is 5.19. The van der Waals surface area contributed by atoms with Crippen molar-refractivity contribution in [3.63, 3.8) is 0 Å². The van der Waals surface area contributed by atoms with Gasteiger partial charge in [-0.05, 0) is 24.8 Å². The Morgan fingerprint density at radius 3 is 2.47 bits per heavy atom. The number of likely N-dealkylation sites (N-methyl/N-ethyl adjacent to an activating group) is 1. The summed E-state index contributed by atoms with van der Waals surface area (Å²) in [7, 11) is 1.80. The Balaban J connectivity index is 1.34. The predicted octanol–water partition coefficient (Wildman–Crippen LogP) is 1.28. The molecule has 30 heavy (non-hydrogen) atoms. The Labute approximate surface area is 178 Å². The molecule has 3 saturated heterocycles. The van der Waals surface area contributed by atoms with Gasteiger partial charge in [0, 0.05) is 46.2 Å². The first-order valence-corrected chi connectivity index (χ1v) is 11.1. The first-order valence-electron chi connectivity index (χ1n) is 11.1. The van der Waals surface area contributed by atoms with Crippen molar-refractivity contribution in [2.75, 3.05) is 53.0 Å². The second-order valence-electron chi connectivity index (χ2n) is 8.91. The number of likely N-dealkylation sites (tertiary alicyclic amines) is 2. The fourth-order valence-corrected chi connectivity index (χ4v) is 5.29. The van der Waals surface area contributed by atoms with E-state index >= 15 is 0 Å². The molecule has 4 rings (SSSR count). The highest BCUT2D eigenvalue weighted by molar-refractivity contribution is 5.85. The summed E-state index contributed by atoms with van der Waals surface area (Å²) < 4.78 is 5.36. The van der Waals surface area contributed by atoms with Gasteiger partial charge in [0.05, 0.1) is 30.8 Å². The van der Waals surface area contributed by atoms with E-state index in [1.54, 1.807) is 11.9 Å². The van der Waals surface area contributed by atoms with Crippen molar-refractivity contribution < 1.29 is 19.4 Å². The zero-order valence-electron chi connectivity index (χ0n) is 17.8. The van der Waals surface area contributed by atoms with Crippen LogP contribution in [0.1, 0.15) is 37.3 Å². The second-order valence-corrected chi connectivity index (χ2v) is 8.91. The van der Waals surface area contributed by atoms with Crippen LogP contribution in [0.15, 0.2) is 30.3 Å². The SMILES string of the molecule is CN1C(=O)C2(CCN(C(=O)CCN3CCOCC3)CC2)C[C@@H](O)[C@@H]1c1ccccc1. The molecular weight excluding hydrogens is 382 g/mol. The number of ether oxygens (including phenoxy) is 1. The van der Waals surface area contributed by atoms with Crippen LogP contribution in [0.5, 0.6) is 0 Å². The van der Waals surface area contributed by atoms with E-state index in [-0.39, 0.29) is 17.9 Å². The van der Waals surface area contributed by atoms with Crippen molar-refractivity contribution in [1.29, 1.82) is 0 Å². The maximum absolute atomic E-state index is 13.3. The Hall–Kier alpha value is -1.96. The molecule has 164 valence electrons. The van der Waals surface area contributed by atoms with Gasteiger partial charge in [0.2, 0.25) is 11.8 Å². The molecule has 0 saturated carbocycles. The fourth-order valence-electron chi connectivity index (χ4n) is 5.29. The van der Waals surface area contributed by atoms with E-state index < -0.39 is 11.5 Å². The van der Waals surface area contributed by atoms with Crippen molar-refractivity contribution in [1.82, 2.24) is 14.7 Å². The van der Waals surface area contributed by atoms with Gasteiger partial charge in [-0.25, -0.2) is 0 Å². The number of morpholine rings is 1. The summed E-state index contributed by atoms with van der Waals surface area (Å²) in [5, 5.41) is 10.9. The zero-order valence-corrected chi connectivity index (χ0v) is 17.8. The number of aliphatic hydroxyl groups excluding tert-OH is 1. The van der Waals surface area contributed by atoms with Crippen molar-refractivity contribution in [2.45, 2.75) is 37.8 Å². The van der Waals surface area contributed by atoms with Gasteiger partial charge in [-0.15, -0.1) is 0 Å². The Bertz CT molecular complexity index is 742. The lowest BCUT2D eigenvalue weighted by Gasteiger charge is -2.50. The van der Waals surface area contributed by atoms with Crippen molar-refractivity contribution in [3.8, 4) is 0 Å². The van der Waals surface area contributed by atoms with Crippen LogP contribution >= 0.6 is 0 Å². The molecular formula is C23H33N3O4. The minimum absolute atomic E-state index is 0.0991. The van der Waals surface area contributed by atoms with Crippen molar-refractivity contribution >= 4 is 11.8 Å². The second kappa shape index (κ2) is 9.04. The zero-order chi connectivity index (χ0) is 21.1. The quantitative estimate of drug-likeness (QED) is 0.802. The molecule has 0 unspecified atom stereocenters. The van der Waals surface area contributed by atoms with E-state index in [1.165, 1.54) is 0 Å². The maximum atomic E-state index is 13.3. The van der Waals surface area contributed by atoms with Crippen LogP contribution in [0.2, 0.25) is 0 Å². The highest BCUT2D eigenvalue weighted by atomic mass is 16.5. The summed E-state index contributed by atoms with van der Waals surface area (Å²) in [6, 6.07) is 9.43. The van der Waals surface area contributed by atoms with Gasteiger partial charge in [0.15, 0.2) is 0 Å². The minimum Gasteiger partial charge on any atom is -0.391 e. The smallest absolute Gasteiger partial charge is 0.229 e. The first kappa shape index (κ1) is 21.3. The molecule has 7 heteroatoms. The van der Waals surface area contributed by atoms with Crippen LogP contribution in [-0.4, -0.2) is 90.7 Å². The number of piperidine rings is 2. The van der Waals surface area contributed by atoms with Gasteiger partial charge in [0.1, 0.15) is 0 Å². The molecule has 3 heterocycles. The summed E-state index contributed by atoms with van der Waals surface area (Å²) in [4.78, 5) is 31.9. The number of amides is 2. The van der Waals surface area contributed by atoms with Gasteiger partial charge < -0.3 is 19.6 Å². The largest absolute Gasteiger partial charge is 0.391 e. The lowest BCUT2D eigenvalue weighted by Crippen LogP contribution is -2.58. The molecule has 1 N–H and O–H groups in total. The normalized spacial score (nSPS) is 27.5. The Kier molecular flexibility index (Phi) is 6.41. The van der Waals surface area contributed by atoms with Crippen LogP contribution in [-0.2, 0) is 14.3 Å². The van der Waals surface area contributed by atoms with E-state index in [0.717, 1.165) is 38.4 Å². The molecule has 1 spiro atoms. The molecule has 1 aromatic carbocycles. The van der Waals surface area contributed by atoms with Crippen LogP contribution in [0.3, 0.4) is 0 Å². The van der Waals surface area contributed by atoms with Crippen molar-refractivity contribution in [2.24, 2.45) is 5.41 Å². The van der Waals surface area contributed by atoms with E-state index in [2.05, 4.69) is 4.90 Å². The lowest BCUT2D eigenvalue weighted by molar-refractivity contribution is -0.163. The average molecular weight is 416 g/mol. The predicted molar refractivity (Wildman–Crippen MR) is 113 cm³/mol. The van der Waals surface area contributed by atoms with Crippen LogP contribution < -0.4 is 0 Å². The van der Waals surface area contributed by atoms with Crippen molar-refractivity contribution in [3.05, 3.63) is 35.9 Å². The molecule has 3 fully saturated rings. The molecule has 2 atom stereocenters. The van der Waals surface area contributed by atoms with Gasteiger partial charge in [-0.1, -0.05) is 30.3 Å². The average Bonchev–Trinajstić information content (AvgIpc) is 2.78. The number of carbonyl (C=O) groups is 2. The summed E-state index contributed by atoms with van der Waals surface area (Å²) in [6.07, 6.45) is 1.62. The van der Waals surface area contributed by atoms with E-state index in [0.29, 0.717) is 38.8 Å². The molecule has 0 bridgehead atoms. The molecule has 3 aliphatic rings. The number of carbonyl (C=O) groups excluding carboxylic acids is 2. The Morgan fingerprint density at radius 2 is 1.80 bits per heavy atom. The number of nitrogens with zero attached hydrogens (tertiary/aromatic N) is 3. The topological polar surface area (TPSA) is 73.3 Å². The lowest BCUT2D eigenvalue weighted by atomic mass is 9.68. The molecule has 1 aromatic rings. The number of aliphatic hydroxyl groups is 1. The maximum Gasteiger partial charge on any atom is 0.229 e. The Morgan fingerprint density at radius 1 is 1.13 bits per heavy atom. The molecule has 3 aliphatic heterocycles. The molecule has 2 amide bonds. The summed E-state index contributed by atoms with van der Waals surface area (Å²) in [5.41, 5.74) is 0.409. The third-order valence-electron chi connectivity index (χ3n) is 7.12. The standard InChI is InChI=1S/C23H33N3O4/c1-24-21(18-5-3-2-4-6-18)19(27)17-23(22(24)29)8-11-26(12-9-23)20(28)7-10-25-13-15-30-16-14-25/h2-6,19,21,27H,7-17H2,1H3/t19-,21+/m1/s1. The number of hydrogen-bond acceptors (Lipinski definition) is 5. The third kappa shape index (κ3) is 4.24. The molecule has 0 aliphatic carbocycles. The van der Waals surface area contributed by atoms with Gasteiger partial charge >= 0.3 is 0 Å². The van der Waals surface area contributed by atoms with Crippen LogP contribution in [0.4, 0.5) is 0 Å². The third-order valence-corrected chi connectivity index (χ3v) is 7.12. The van der Waals surface area contributed by atoms with E-state index in [4.69, 9.17) is 4.74 Å². The highest BCUT2D eigenvalue weighted by Crippen LogP contribution is 2.46. The fraction of sp³-hybridized carbons (Fsp3) is 0.652. The first-order chi connectivity index (χ1) is 14.5. The number of benzene rings is 1. The summed E-state index contributed by atoms with van der Waals surface area (Å²) in [5.74, 6) is 0.262. The van der Waals surface area contributed by atoms with Gasteiger partial charge in [-0.3, -0.25) is 14.5 Å².